The molecule has 1 atom stereocenters. The number of pyridine rings is 1. The quantitative estimate of drug-likeness (QED) is 0.538. The average molecular weight is 431 g/mol. The fraction of sp³-hybridized carbons (Fsp3) is 0.269. The summed E-state index contributed by atoms with van der Waals surface area (Å²) in [6.45, 7) is 2.09. The van der Waals surface area contributed by atoms with Gasteiger partial charge in [0.2, 0.25) is 0 Å². The Morgan fingerprint density at radius 2 is 1.81 bits per heavy atom. The molecule has 5 rings (SSSR count). The number of rotatable bonds is 1. The van der Waals surface area contributed by atoms with Crippen molar-refractivity contribution in [2.45, 2.75) is 18.6 Å². The maximum atomic E-state index is 15.0. The Hall–Kier alpha value is -3.27. The number of halogens is 2. The molecule has 3 heterocycles. The van der Waals surface area contributed by atoms with Crippen molar-refractivity contribution in [1.29, 1.82) is 0 Å². The molecule has 162 valence electrons. The fourth-order valence-electron chi connectivity index (χ4n) is 4.71. The predicted octanol–water partition coefficient (Wildman–Crippen LogP) is 4.28. The number of fused-ring (bicyclic) bond motifs is 2. The lowest BCUT2D eigenvalue weighted by Crippen LogP contribution is -2.59. The Morgan fingerprint density at radius 1 is 1.03 bits per heavy atom. The number of hydrogen-bond acceptors (Lipinski definition) is 4. The van der Waals surface area contributed by atoms with Crippen LogP contribution in [0.25, 0.3) is 0 Å². The van der Waals surface area contributed by atoms with Gasteiger partial charge in [0.1, 0.15) is 5.69 Å². The van der Waals surface area contributed by atoms with Gasteiger partial charge in [-0.2, -0.15) is 0 Å². The van der Waals surface area contributed by atoms with E-state index in [-0.39, 0.29) is 11.2 Å². The SMILES string of the molecule is CN1CN(c2c(F)cc(C#Cc3cccnc3)cc2F)CC[C@]12COCc1ccccc12. The fourth-order valence-corrected chi connectivity index (χ4v) is 4.71. The van der Waals surface area contributed by atoms with Crippen LogP contribution < -0.4 is 4.90 Å². The van der Waals surface area contributed by atoms with Crippen LogP contribution in [0, 0.1) is 23.5 Å². The smallest absolute Gasteiger partial charge is 0.150 e. The summed E-state index contributed by atoms with van der Waals surface area (Å²) in [5.74, 6) is 4.50. The molecule has 1 aromatic heterocycles. The molecule has 0 amide bonds. The lowest BCUT2D eigenvalue weighted by Gasteiger charge is -2.51. The van der Waals surface area contributed by atoms with Crippen molar-refractivity contribution in [3.05, 3.63) is 94.8 Å². The number of aromatic nitrogens is 1. The predicted molar refractivity (Wildman–Crippen MR) is 119 cm³/mol. The van der Waals surface area contributed by atoms with Gasteiger partial charge in [0, 0.05) is 30.1 Å². The van der Waals surface area contributed by atoms with Gasteiger partial charge in [0.05, 0.1) is 25.4 Å². The lowest BCUT2D eigenvalue weighted by atomic mass is 9.80. The molecule has 0 radical (unpaired) electrons. The van der Waals surface area contributed by atoms with Crippen molar-refractivity contribution in [2.75, 3.05) is 31.8 Å². The molecule has 0 aliphatic carbocycles. The van der Waals surface area contributed by atoms with E-state index in [1.807, 2.05) is 19.2 Å². The summed E-state index contributed by atoms with van der Waals surface area (Å²) in [6, 6.07) is 14.4. The van der Waals surface area contributed by atoms with Crippen LogP contribution in [-0.4, -0.2) is 36.8 Å². The molecule has 6 heteroatoms. The Kier molecular flexibility index (Phi) is 5.38. The van der Waals surface area contributed by atoms with E-state index in [1.165, 1.54) is 23.3 Å². The minimum Gasteiger partial charge on any atom is -0.374 e. The highest BCUT2D eigenvalue weighted by Crippen LogP contribution is 2.41. The molecule has 0 N–H and O–H groups in total. The van der Waals surface area contributed by atoms with E-state index >= 15 is 8.78 Å². The van der Waals surface area contributed by atoms with E-state index in [9.17, 15) is 0 Å². The van der Waals surface area contributed by atoms with Gasteiger partial charge in [-0.3, -0.25) is 9.88 Å². The Labute approximate surface area is 186 Å². The second kappa shape index (κ2) is 8.34. The summed E-state index contributed by atoms with van der Waals surface area (Å²) >= 11 is 0. The molecule has 3 aromatic rings. The highest BCUT2D eigenvalue weighted by atomic mass is 19.1. The molecule has 2 aliphatic heterocycles. The summed E-state index contributed by atoms with van der Waals surface area (Å²) in [5.41, 5.74) is 3.11. The van der Waals surface area contributed by atoms with Crippen molar-refractivity contribution in [2.24, 2.45) is 0 Å². The molecule has 1 saturated heterocycles. The van der Waals surface area contributed by atoms with Gasteiger partial charge in [-0.25, -0.2) is 8.78 Å². The zero-order valence-electron chi connectivity index (χ0n) is 17.8. The van der Waals surface area contributed by atoms with Crippen molar-refractivity contribution >= 4 is 5.69 Å². The largest absolute Gasteiger partial charge is 0.374 e. The van der Waals surface area contributed by atoms with Crippen LogP contribution in [0.3, 0.4) is 0 Å². The topological polar surface area (TPSA) is 28.6 Å². The van der Waals surface area contributed by atoms with Crippen LogP contribution in [-0.2, 0) is 16.9 Å². The Morgan fingerprint density at radius 3 is 2.56 bits per heavy atom. The molecule has 2 aliphatic rings. The van der Waals surface area contributed by atoms with Gasteiger partial charge in [-0.05, 0) is 48.9 Å². The molecule has 1 fully saturated rings. The highest BCUT2D eigenvalue weighted by Gasteiger charge is 2.44. The first-order valence-corrected chi connectivity index (χ1v) is 10.6. The highest BCUT2D eigenvalue weighted by molar-refractivity contribution is 5.55. The third kappa shape index (κ3) is 3.64. The van der Waals surface area contributed by atoms with Crippen LogP contribution in [0.4, 0.5) is 14.5 Å². The first kappa shape index (κ1) is 20.6. The average Bonchev–Trinajstić information content (AvgIpc) is 2.80. The van der Waals surface area contributed by atoms with E-state index in [4.69, 9.17) is 4.74 Å². The number of anilines is 1. The molecule has 0 bridgehead atoms. The van der Waals surface area contributed by atoms with Crippen LogP contribution in [0.5, 0.6) is 0 Å². The third-order valence-electron chi connectivity index (χ3n) is 6.37. The maximum Gasteiger partial charge on any atom is 0.150 e. The summed E-state index contributed by atoms with van der Waals surface area (Å²) in [7, 11) is 1.99. The maximum absolute atomic E-state index is 15.0. The second-order valence-corrected chi connectivity index (χ2v) is 8.31. The number of nitrogens with zero attached hydrogens (tertiary/aromatic N) is 3. The van der Waals surface area contributed by atoms with E-state index in [0.717, 1.165) is 0 Å². The van der Waals surface area contributed by atoms with E-state index in [1.54, 1.807) is 29.4 Å². The summed E-state index contributed by atoms with van der Waals surface area (Å²) in [6.07, 6.45) is 3.97. The third-order valence-corrected chi connectivity index (χ3v) is 6.37. The standard InChI is InChI=1S/C26H23F2N3O/c1-30-18-31(12-10-26(30)17-32-16-21-6-2-3-7-22(21)26)25-23(27)13-20(14-24(25)28)9-8-19-5-4-11-29-15-19/h2-7,11,13-15H,10,12,16-18H2,1H3/t26-/m1/s1. The summed E-state index contributed by atoms with van der Waals surface area (Å²) in [5, 5.41) is 0. The molecule has 2 aromatic carbocycles. The molecular formula is C26H23F2N3O. The van der Waals surface area contributed by atoms with Crippen LogP contribution in [0.15, 0.2) is 60.9 Å². The minimum absolute atomic E-state index is 0.0105. The first-order chi connectivity index (χ1) is 15.6. The summed E-state index contributed by atoms with van der Waals surface area (Å²) in [4.78, 5) is 7.89. The van der Waals surface area contributed by atoms with Gasteiger partial charge >= 0.3 is 0 Å². The zero-order valence-corrected chi connectivity index (χ0v) is 17.8. The van der Waals surface area contributed by atoms with Crippen molar-refractivity contribution in [3.63, 3.8) is 0 Å². The van der Waals surface area contributed by atoms with Crippen molar-refractivity contribution < 1.29 is 13.5 Å². The Balaban J connectivity index is 1.40. The number of ether oxygens (including phenoxy) is 1. The molecule has 4 nitrogen and oxygen atoms in total. The van der Waals surface area contributed by atoms with Crippen molar-refractivity contribution in [3.8, 4) is 11.8 Å². The van der Waals surface area contributed by atoms with E-state index in [2.05, 4.69) is 33.9 Å². The van der Waals surface area contributed by atoms with Gasteiger partial charge in [-0.1, -0.05) is 36.1 Å². The van der Waals surface area contributed by atoms with Gasteiger partial charge < -0.3 is 9.64 Å². The number of likely N-dealkylation sites (N-methyl/N-ethyl adjacent to an activating group) is 1. The summed E-state index contributed by atoms with van der Waals surface area (Å²) < 4.78 is 35.9. The molecule has 32 heavy (non-hydrogen) atoms. The van der Waals surface area contributed by atoms with E-state index in [0.29, 0.717) is 44.0 Å². The van der Waals surface area contributed by atoms with Crippen LogP contribution >= 0.6 is 0 Å². The normalized spacial score (nSPS) is 20.5. The van der Waals surface area contributed by atoms with Crippen LogP contribution in [0.2, 0.25) is 0 Å². The molecule has 0 unspecified atom stereocenters. The molecule has 0 saturated carbocycles. The van der Waals surface area contributed by atoms with Gasteiger partial charge in [0.25, 0.3) is 0 Å². The molecule has 1 spiro atoms. The monoisotopic (exact) mass is 431 g/mol. The van der Waals surface area contributed by atoms with Gasteiger partial charge in [-0.15, -0.1) is 0 Å². The lowest BCUT2D eigenvalue weighted by molar-refractivity contribution is -0.0398. The van der Waals surface area contributed by atoms with Crippen molar-refractivity contribution in [1.82, 2.24) is 9.88 Å². The molecular weight excluding hydrogens is 408 g/mol. The van der Waals surface area contributed by atoms with Crippen LogP contribution in [0.1, 0.15) is 28.7 Å². The second-order valence-electron chi connectivity index (χ2n) is 8.31. The Bertz CT molecular complexity index is 1180. The van der Waals surface area contributed by atoms with Gasteiger partial charge in [0.15, 0.2) is 11.6 Å². The first-order valence-electron chi connectivity index (χ1n) is 10.6. The minimum atomic E-state index is -0.606. The number of benzene rings is 2. The van der Waals surface area contributed by atoms with E-state index < -0.39 is 11.6 Å². The number of hydrogen-bond donors (Lipinski definition) is 0. The zero-order chi connectivity index (χ0) is 22.1.